The Labute approximate surface area is 132 Å². The number of fused-ring (bicyclic) bond motifs is 3. The summed E-state index contributed by atoms with van der Waals surface area (Å²) in [6, 6.07) is 10.0. The van der Waals surface area contributed by atoms with Crippen molar-refractivity contribution >= 4 is 33.7 Å². The largest absolute Gasteiger partial charge is 0.306 e. The Bertz CT molecular complexity index is 906. The zero-order valence-electron chi connectivity index (χ0n) is 12.1. The van der Waals surface area contributed by atoms with E-state index in [0.29, 0.717) is 5.82 Å². The van der Waals surface area contributed by atoms with Gasteiger partial charge in [-0.1, -0.05) is 36.4 Å². The molecule has 22 heavy (non-hydrogen) atoms. The van der Waals surface area contributed by atoms with Crippen molar-refractivity contribution in [2.75, 3.05) is 0 Å². The van der Waals surface area contributed by atoms with Crippen LogP contribution in [0.4, 0.5) is 0 Å². The highest BCUT2D eigenvalue weighted by molar-refractivity contribution is 7.18. The maximum Gasteiger partial charge on any atom is 0.260 e. The van der Waals surface area contributed by atoms with Gasteiger partial charge in [0.1, 0.15) is 10.7 Å². The van der Waals surface area contributed by atoms with Gasteiger partial charge in [0, 0.05) is 4.88 Å². The van der Waals surface area contributed by atoms with Crippen LogP contribution in [0.15, 0.2) is 35.1 Å². The van der Waals surface area contributed by atoms with Crippen molar-refractivity contribution in [3.63, 3.8) is 0 Å². The maximum atomic E-state index is 12.4. The molecule has 0 aliphatic heterocycles. The molecule has 1 aliphatic carbocycles. The van der Waals surface area contributed by atoms with Gasteiger partial charge in [-0.3, -0.25) is 4.79 Å². The predicted molar refractivity (Wildman–Crippen MR) is 92.3 cm³/mol. The smallest absolute Gasteiger partial charge is 0.260 e. The Kier molecular flexibility index (Phi) is 3.39. The lowest BCUT2D eigenvalue weighted by Gasteiger charge is -2.09. The number of rotatable bonds is 2. The first-order valence-electron chi connectivity index (χ1n) is 7.59. The van der Waals surface area contributed by atoms with Gasteiger partial charge in [-0.25, -0.2) is 4.98 Å². The lowest BCUT2D eigenvalue weighted by atomic mass is 9.97. The number of aromatic amines is 1. The second-order valence-electron chi connectivity index (χ2n) is 5.59. The number of nitrogens with one attached hydrogen (secondary N) is 1. The van der Waals surface area contributed by atoms with Gasteiger partial charge in [-0.2, -0.15) is 0 Å². The third-order valence-corrected chi connectivity index (χ3v) is 5.26. The molecule has 0 bridgehead atoms. The van der Waals surface area contributed by atoms with Crippen LogP contribution in [0.2, 0.25) is 0 Å². The minimum Gasteiger partial charge on any atom is -0.306 e. The van der Waals surface area contributed by atoms with Gasteiger partial charge < -0.3 is 4.98 Å². The molecule has 1 aromatic carbocycles. The molecule has 0 unspecified atom stereocenters. The van der Waals surface area contributed by atoms with E-state index < -0.39 is 0 Å². The first-order valence-corrected chi connectivity index (χ1v) is 8.40. The van der Waals surface area contributed by atoms with Gasteiger partial charge in [-0.05, 0) is 42.9 Å². The third-order valence-electron chi connectivity index (χ3n) is 4.08. The van der Waals surface area contributed by atoms with E-state index in [2.05, 4.69) is 9.97 Å². The number of benzene rings is 1. The highest BCUT2D eigenvalue weighted by Gasteiger charge is 2.19. The number of aromatic nitrogens is 2. The highest BCUT2D eigenvalue weighted by atomic mass is 32.1. The summed E-state index contributed by atoms with van der Waals surface area (Å²) >= 11 is 1.68. The fourth-order valence-electron chi connectivity index (χ4n) is 3.00. The molecule has 0 spiro atoms. The Morgan fingerprint density at radius 3 is 2.77 bits per heavy atom. The summed E-state index contributed by atoms with van der Waals surface area (Å²) in [6.07, 6.45) is 8.34. The molecule has 4 rings (SSSR count). The molecular formula is C18H16N2OS. The normalized spacial score (nSPS) is 14.5. The minimum atomic E-state index is -0.00267. The molecule has 0 radical (unpaired) electrons. The summed E-state index contributed by atoms with van der Waals surface area (Å²) in [7, 11) is 0. The van der Waals surface area contributed by atoms with E-state index in [9.17, 15) is 4.79 Å². The predicted octanol–water partition coefficient (Wildman–Crippen LogP) is 4.03. The van der Waals surface area contributed by atoms with Crippen molar-refractivity contribution < 1.29 is 0 Å². The number of H-pyrrole nitrogens is 1. The molecule has 2 heterocycles. The molecule has 1 N–H and O–H groups in total. The van der Waals surface area contributed by atoms with E-state index in [0.717, 1.165) is 28.6 Å². The zero-order chi connectivity index (χ0) is 14.9. The van der Waals surface area contributed by atoms with Crippen molar-refractivity contribution in [1.29, 1.82) is 0 Å². The van der Waals surface area contributed by atoms with Crippen molar-refractivity contribution in [3.8, 4) is 0 Å². The van der Waals surface area contributed by atoms with Crippen LogP contribution >= 0.6 is 11.3 Å². The van der Waals surface area contributed by atoms with Crippen molar-refractivity contribution in [1.82, 2.24) is 9.97 Å². The lowest BCUT2D eigenvalue weighted by molar-refractivity contribution is 0.700. The summed E-state index contributed by atoms with van der Waals surface area (Å²) in [6.45, 7) is 0. The van der Waals surface area contributed by atoms with Crippen LogP contribution in [-0.4, -0.2) is 9.97 Å². The number of hydrogen-bond donors (Lipinski definition) is 1. The summed E-state index contributed by atoms with van der Waals surface area (Å²) in [5.41, 5.74) is 2.33. The Morgan fingerprint density at radius 2 is 1.91 bits per heavy atom. The van der Waals surface area contributed by atoms with Gasteiger partial charge in [0.25, 0.3) is 5.56 Å². The lowest BCUT2D eigenvalue weighted by Crippen LogP contribution is -2.11. The number of hydrogen-bond acceptors (Lipinski definition) is 3. The van der Waals surface area contributed by atoms with E-state index in [4.69, 9.17) is 0 Å². The molecule has 2 aromatic heterocycles. The molecule has 4 heteroatoms. The second-order valence-corrected chi connectivity index (χ2v) is 6.67. The highest BCUT2D eigenvalue weighted by Crippen LogP contribution is 2.33. The SMILES string of the molecule is O=c1[nH]c(/C=C/c2ccccc2)nc2sc3c(c12)CCCC3. The number of aryl methyl sites for hydroxylation is 2. The first-order chi connectivity index (χ1) is 10.8. The fraction of sp³-hybridized carbons (Fsp3) is 0.222. The van der Waals surface area contributed by atoms with Crippen LogP contribution in [0.25, 0.3) is 22.4 Å². The minimum absolute atomic E-state index is 0.00267. The van der Waals surface area contributed by atoms with Crippen LogP contribution in [0.3, 0.4) is 0 Å². The number of nitrogens with zero attached hydrogens (tertiary/aromatic N) is 1. The van der Waals surface area contributed by atoms with Crippen molar-refractivity contribution in [3.05, 3.63) is 62.5 Å². The third kappa shape index (κ3) is 2.40. The summed E-state index contributed by atoms with van der Waals surface area (Å²) in [5.74, 6) is 0.625. The fourth-order valence-corrected chi connectivity index (χ4v) is 4.27. The average Bonchev–Trinajstić information content (AvgIpc) is 2.92. The molecule has 0 saturated carbocycles. The molecule has 3 aromatic rings. The molecule has 0 amide bonds. The van der Waals surface area contributed by atoms with Gasteiger partial charge >= 0.3 is 0 Å². The van der Waals surface area contributed by atoms with Crippen LogP contribution < -0.4 is 5.56 Å². The molecular weight excluding hydrogens is 292 g/mol. The van der Waals surface area contributed by atoms with E-state index in [1.54, 1.807) is 11.3 Å². The van der Waals surface area contributed by atoms with Crippen LogP contribution in [0.1, 0.15) is 34.7 Å². The Hall–Kier alpha value is -2.20. The van der Waals surface area contributed by atoms with E-state index in [1.165, 1.54) is 23.3 Å². The van der Waals surface area contributed by atoms with Gasteiger partial charge in [0.15, 0.2) is 0 Å². The molecule has 3 nitrogen and oxygen atoms in total. The summed E-state index contributed by atoms with van der Waals surface area (Å²) < 4.78 is 0. The second kappa shape index (κ2) is 5.54. The molecule has 110 valence electrons. The van der Waals surface area contributed by atoms with E-state index in [1.807, 2.05) is 42.5 Å². The zero-order valence-corrected chi connectivity index (χ0v) is 13.0. The maximum absolute atomic E-state index is 12.4. The van der Waals surface area contributed by atoms with Gasteiger partial charge in [-0.15, -0.1) is 11.3 Å². The Morgan fingerprint density at radius 1 is 1.09 bits per heavy atom. The van der Waals surface area contributed by atoms with Crippen molar-refractivity contribution in [2.45, 2.75) is 25.7 Å². The van der Waals surface area contributed by atoms with E-state index in [-0.39, 0.29) is 5.56 Å². The summed E-state index contributed by atoms with van der Waals surface area (Å²) in [4.78, 5) is 22.2. The monoisotopic (exact) mass is 308 g/mol. The van der Waals surface area contributed by atoms with Crippen LogP contribution in [-0.2, 0) is 12.8 Å². The topological polar surface area (TPSA) is 45.8 Å². The molecule has 0 atom stereocenters. The molecule has 0 fully saturated rings. The summed E-state index contributed by atoms with van der Waals surface area (Å²) in [5, 5.41) is 0.816. The van der Waals surface area contributed by atoms with Crippen LogP contribution in [0.5, 0.6) is 0 Å². The standard InChI is InChI=1S/C18H16N2OS/c21-17-16-13-8-4-5-9-14(13)22-18(16)20-15(19-17)11-10-12-6-2-1-3-7-12/h1-3,6-7,10-11H,4-5,8-9H2,(H,19,20,21)/b11-10+. The number of thiophene rings is 1. The Balaban J connectivity index is 1.77. The molecule has 1 aliphatic rings. The van der Waals surface area contributed by atoms with Gasteiger partial charge in [0.05, 0.1) is 5.39 Å². The quantitative estimate of drug-likeness (QED) is 0.777. The van der Waals surface area contributed by atoms with E-state index >= 15 is 0 Å². The van der Waals surface area contributed by atoms with Crippen molar-refractivity contribution in [2.24, 2.45) is 0 Å². The van der Waals surface area contributed by atoms with Crippen LogP contribution in [0, 0.1) is 0 Å². The first kappa shape index (κ1) is 13.5. The average molecular weight is 308 g/mol. The van der Waals surface area contributed by atoms with Gasteiger partial charge in [0.2, 0.25) is 0 Å². The molecule has 0 saturated heterocycles.